The van der Waals surface area contributed by atoms with Crippen LogP contribution in [0.5, 0.6) is 0 Å². The number of nitrogens with two attached hydrogens (primary N) is 1. The summed E-state index contributed by atoms with van der Waals surface area (Å²) in [6, 6.07) is -0.601. The van der Waals surface area contributed by atoms with Gasteiger partial charge in [-0.15, -0.1) is 0 Å². The maximum Gasteiger partial charge on any atom is 0.326 e. The number of imide groups is 1. The molecule has 0 unspecified atom stereocenters. The number of hydrogen-bond donors (Lipinski definition) is 2. The van der Waals surface area contributed by atoms with Gasteiger partial charge >= 0.3 is 12.0 Å². The standard InChI is InChI=1S/C15H23N3O5/c1-9-4-14(2,3)8-15(5-9)12(21)18(13(22)17-15)6-11(20)23-7-10(16)19/h9H,4-8H2,1-3H3,(H2,16,19)(H,17,22)/t9-,15+/m1/s1. The molecular weight excluding hydrogens is 302 g/mol. The topological polar surface area (TPSA) is 119 Å². The summed E-state index contributed by atoms with van der Waals surface area (Å²) in [6.07, 6.45) is 2.05. The Balaban J connectivity index is 2.10. The van der Waals surface area contributed by atoms with E-state index in [0.717, 1.165) is 11.3 Å². The number of carbonyl (C=O) groups excluding carboxylic acids is 4. The molecular formula is C15H23N3O5. The molecule has 0 aromatic carbocycles. The predicted molar refractivity (Wildman–Crippen MR) is 79.9 cm³/mol. The largest absolute Gasteiger partial charge is 0.454 e. The van der Waals surface area contributed by atoms with Crippen LogP contribution in [0.2, 0.25) is 0 Å². The molecule has 1 aliphatic carbocycles. The fourth-order valence-electron chi connectivity index (χ4n) is 3.98. The molecule has 0 radical (unpaired) electrons. The van der Waals surface area contributed by atoms with Crippen molar-refractivity contribution in [2.24, 2.45) is 17.1 Å². The molecule has 0 bridgehead atoms. The third-order valence-electron chi connectivity index (χ3n) is 4.29. The summed E-state index contributed by atoms with van der Waals surface area (Å²) in [5, 5.41) is 2.76. The van der Waals surface area contributed by atoms with Crippen molar-refractivity contribution in [2.45, 2.75) is 45.6 Å². The highest BCUT2D eigenvalue weighted by Gasteiger charge is 2.56. The fraction of sp³-hybridized carbons (Fsp3) is 0.733. The lowest BCUT2D eigenvalue weighted by Gasteiger charge is -2.43. The third-order valence-corrected chi connectivity index (χ3v) is 4.29. The minimum absolute atomic E-state index is 0.0803. The van der Waals surface area contributed by atoms with Crippen LogP contribution in [-0.4, -0.2) is 47.4 Å². The molecule has 8 nitrogen and oxygen atoms in total. The molecule has 23 heavy (non-hydrogen) atoms. The van der Waals surface area contributed by atoms with Gasteiger partial charge in [0.2, 0.25) is 0 Å². The molecule has 2 rings (SSSR count). The Morgan fingerprint density at radius 2 is 2.00 bits per heavy atom. The summed E-state index contributed by atoms with van der Waals surface area (Å²) < 4.78 is 4.61. The van der Waals surface area contributed by atoms with Gasteiger partial charge in [-0.3, -0.25) is 19.3 Å². The molecule has 1 heterocycles. The van der Waals surface area contributed by atoms with Crippen molar-refractivity contribution in [1.29, 1.82) is 0 Å². The number of rotatable bonds is 4. The van der Waals surface area contributed by atoms with E-state index in [1.807, 2.05) is 6.92 Å². The molecule has 128 valence electrons. The SMILES string of the molecule is C[C@@H]1CC(C)(C)C[C@]2(C1)NC(=O)N(CC(=O)OCC(N)=O)C2=O. The van der Waals surface area contributed by atoms with Crippen molar-refractivity contribution in [2.75, 3.05) is 13.2 Å². The van der Waals surface area contributed by atoms with Crippen molar-refractivity contribution < 1.29 is 23.9 Å². The minimum atomic E-state index is -0.956. The molecule has 1 aliphatic heterocycles. The van der Waals surface area contributed by atoms with Crippen LogP contribution in [0, 0.1) is 11.3 Å². The first kappa shape index (κ1) is 17.2. The van der Waals surface area contributed by atoms with Crippen molar-refractivity contribution >= 4 is 23.8 Å². The van der Waals surface area contributed by atoms with Crippen LogP contribution in [0.15, 0.2) is 0 Å². The van der Waals surface area contributed by atoms with Crippen LogP contribution in [0.25, 0.3) is 0 Å². The zero-order valence-corrected chi connectivity index (χ0v) is 13.7. The first-order chi connectivity index (χ1) is 10.5. The van der Waals surface area contributed by atoms with E-state index in [1.165, 1.54) is 0 Å². The monoisotopic (exact) mass is 325 g/mol. The maximum atomic E-state index is 12.7. The Bertz CT molecular complexity index is 559. The zero-order chi connectivity index (χ0) is 17.4. The molecule has 2 atom stereocenters. The van der Waals surface area contributed by atoms with Crippen LogP contribution in [0.3, 0.4) is 0 Å². The van der Waals surface area contributed by atoms with Crippen LogP contribution in [0.4, 0.5) is 4.79 Å². The average molecular weight is 325 g/mol. The molecule has 0 aromatic rings. The van der Waals surface area contributed by atoms with E-state index >= 15 is 0 Å². The summed E-state index contributed by atoms with van der Waals surface area (Å²) in [5.74, 6) is -1.76. The van der Waals surface area contributed by atoms with Gasteiger partial charge in [0, 0.05) is 0 Å². The second-order valence-electron chi connectivity index (χ2n) is 7.38. The van der Waals surface area contributed by atoms with E-state index in [1.54, 1.807) is 0 Å². The summed E-state index contributed by atoms with van der Waals surface area (Å²) in [6.45, 7) is 5.08. The second-order valence-corrected chi connectivity index (χ2v) is 7.38. The first-order valence-electron chi connectivity index (χ1n) is 7.63. The van der Waals surface area contributed by atoms with E-state index in [4.69, 9.17) is 5.73 Å². The molecule has 4 amide bonds. The van der Waals surface area contributed by atoms with Gasteiger partial charge in [-0.05, 0) is 30.6 Å². The van der Waals surface area contributed by atoms with Crippen LogP contribution >= 0.6 is 0 Å². The van der Waals surface area contributed by atoms with Gasteiger partial charge in [0.15, 0.2) is 6.61 Å². The van der Waals surface area contributed by atoms with Crippen molar-refractivity contribution in [3.05, 3.63) is 0 Å². The Morgan fingerprint density at radius 3 is 2.57 bits per heavy atom. The maximum absolute atomic E-state index is 12.7. The van der Waals surface area contributed by atoms with Gasteiger partial charge in [0.25, 0.3) is 11.8 Å². The van der Waals surface area contributed by atoms with Crippen molar-refractivity contribution in [1.82, 2.24) is 10.2 Å². The first-order valence-corrected chi connectivity index (χ1v) is 7.63. The lowest BCUT2D eigenvalue weighted by molar-refractivity contribution is -0.151. The van der Waals surface area contributed by atoms with Crippen molar-refractivity contribution in [3.63, 3.8) is 0 Å². The van der Waals surface area contributed by atoms with Crippen LogP contribution in [-0.2, 0) is 19.1 Å². The second kappa shape index (κ2) is 5.82. The fourth-order valence-corrected chi connectivity index (χ4v) is 3.98. The number of ether oxygens (including phenoxy) is 1. The zero-order valence-electron chi connectivity index (χ0n) is 13.7. The highest BCUT2D eigenvalue weighted by Crippen LogP contribution is 2.46. The van der Waals surface area contributed by atoms with Gasteiger partial charge in [-0.1, -0.05) is 20.8 Å². The van der Waals surface area contributed by atoms with Gasteiger partial charge in [0.05, 0.1) is 0 Å². The summed E-state index contributed by atoms with van der Waals surface area (Å²) >= 11 is 0. The molecule has 3 N–H and O–H groups in total. The molecule has 0 aromatic heterocycles. The number of nitrogens with zero attached hydrogens (tertiary/aromatic N) is 1. The average Bonchev–Trinajstić information content (AvgIpc) is 2.58. The van der Waals surface area contributed by atoms with E-state index in [-0.39, 0.29) is 11.3 Å². The Kier molecular flexibility index (Phi) is 4.37. The third kappa shape index (κ3) is 3.62. The van der Waals surface area contributed by atoms with Gasteiger partial charge in [0.1, 0.15) is 12.1 Å². The van der Waals surface area contributed by atoms with Gasteiger partial charge in [-0.25, -0.2) is 4.79 Å². The predicted octanol–water partition coefficient (Wildman–Crippen LogP) is 0.152. The lowest BCUT2D eigenvalue weighted by atomic mass is 9.64. The van der Waals surface area contributed by atoms with Gasteiger partial charge < -0.3 is 15.8 Å². The molecule has 2 fully saturated rings. The highest BCUT2D eigenvalue weighted by molar-refractivity contribution is 6.08. The number of carbonyl (C=O) groups is 4. The Labute approximate surface area is 134 Å². The summed E-state index contributed by atoms with van der Waals surface area (Å²) in [5.41, 5.74) is 3.85. The van der Waals surface area contributed by atoms with Crippen LogP contribution in [0.1, 0.15) is 40.0 Å². The number of hydrogen-bond acceptors (Lipinski definition) is 5. The van der Waals surface area contributed by atoms with E-state index < -0.39 is 42.5 Å². The molecule has 2 aliphatic rings. The molecule has 1 saturated heterocycles. The van der Waals surface area contributed by atoms with E-state index in [0.29, 0.717) is 12.8 Å². The van der Waals surface area contributed by atoms with E-state index in [9.17, 15) is 19.2 Å². The Hall–Kier alpha value is -2.12. The minimum Gasteiger partial charge on any atom is -0.454 e. The normalized spacial score (nSPS) is 29.5. The van der Waals surface area contributed by atoms with Crippen molar-refractivity contribution in [3.8, 4) is 0 Å². The quantitative estimate of drug-likeness (QED) is 0.563. The lowest BCUT2D eigenvalue weighted by Crippen LogP contribution is -2.54. The number of urea groups is 1. The summed E-state index contributed by atoms with van der Waals surface area (Å²) in [4.78, 5) is 48.0. The number of nitrogens with one attached hydrogen (secondary N) is 1. The molecule has 1 spiro atoms. The van der Waals surface area contributed by atoms with Gasteiger partial charge in [-0.2, -0.15) is 0 Å². The number of primary amides is 1. The number of esters is 1. The molecule has 1 saturated carbocycles. The Morgan fingerprint density at radius 1 is 1.35 bits per heavy atom. The summed E-state index contributed by atoms with van der Waals surface area (Å²) in [7, 11) is 0. The smallest absolute Gasteiger partial charge is 0.326 e. The van der Waals surface area contributed by atoms with E-state index in [2.05, 4.69) is 23.9 Å². The number of amides is 4. The molecule has 8 heteroatoms. The highest BCUT2D eigenvalue weighted by atomic mass is 16.5. The van der Waals surface area contributed by atoms with Crippen LogP contribution < -0.4 is 11.1 Å².